The van der Waals surface area contributed by atoms with Gasteiger partial charge in [-0.25, -0.2) is 0 Å². The summed E-state index contributed by atoms with van der Waals surface area (Å²) in [6.45, 7) is 9.91. The number of carbonyl (C=O) groups is 2. The Balaban J connectivity index is 0.00000306. The number of Topliss-reactive ketones (excluding diaryl/α,β-unsaturated/α-hetero) is 1. The van der Waals surface area contributed by atoms with Crippen molar-refractivity contribution < 1.29 is 54.1 Å². The van der Waals surface area contributed by atoms with Crippen LogP contribution in [0.3, 0.4) is 0 Å². The molecule has 0 amide bonds. The van der Waals surface area contributed by atoms with Crippen molar-refractivity contribution in [2.75, 3.05) is 6.61 Å². The maximum absolute atomic E-state index is 13.1. The molecule has 0 aromatic heterocycles. The Morgan fingerprint density at radius 1 is 0.970 bits per heavy atom. The van der Waals surface area contributed by atoms with Crippen LogP contribution in [0.25, 0.3) is 0 Å². The standard InChI is InChI=1S/C27H42O5.Na/c1-17(28)5-10-24(30)32-16-23(29)22-9-8-20-19-7-6-18-15-25(2,31)13-14-26(18,3)21(19)11-12-27(20,22)4;/h18-22,28,31H,1,5-16H2,2-4H3;/q;+1/p-1/t18?,19-,20-,21?,22+,25+,26-,27-;/m0./s1. The molecule has 0 aromatic carbocycles. The number of allylic oxidation sites excluding steroid dienone is 1. The number of hydrogen-bond donors (Lipinski definition) is 1. The fourth-order valence-corrected chi connectivity index (χ4v) is 8.53. The third kappa shape index (κ3) is 5.13. The first-order valence-electron chi connectivity index (χ1n) is 12.7. The zero-order valence-electron chi connectivity index (χ0n) is 21.2. The molecule has 4 aliphatic carbocycles. The minimum Gasteiger partial charge on any atom is -0.876 e. The first kappa shape index (κ1) is 27.2. The van der Waals surface area contributed by atoms with Crippen LogP contribution in [-0.4, -0.2) is 29.1 Å². The molecule has 8 atom stereocenters. The van der Waals surface area contributed by atoms with Crippen molar-refractivity contribution in [1.29, 1.82) is 0 Å². The number of carbonyl (C=O) groups excluding carboxylic acids is 2. The van der Waals surface area contributed by atoms with Crippen LogP contribution >= 0.6 is 0 Å². The van der Waals surface area contributed by atoms with Gasteiger partial charge < -0.3 is 14.9 Å². The van der Waals surface area contributed by atoms with Crippen molar-refractivity contribution in [2.45, 2.75) is 97.0 Å². The quantitative estimate of drug-likeness (QED) is 0.359. The van der Waals surface area contributed by atoms with Gasteiger partial charge in [0.05, 0.1) is 5.60 Å². The average molecular weight is 469 g/mol. The Morgan fingerprint density at radius 2 is 1.67 bits per heavy atom. The zero-order chi connectivity index (χ0) is 23.3. The minimum atomic E-state index is -0.510. The maximum atomic E-state index is 13.1. The number of esters is 1. The number of ketones is 1. The number of ether oxygens (including phenoxy) is 1. The van der Waals surface area contributed by atoms with Gasteiger partial charge in [0.1, 0.15) is 6.61 Å². The Hall–Kier alpha value is -0.360. The molecule has 0 aliphatic heterocycles. The number of aliphatic hydroxyl groups is 1. The summed E-state index contributed by atoms with van der Waals surface area (Å²) < 4.78 is 5.21. The second-order valence-electron chi connectivity index (χ2n) is 12.2. The predicted octanol–water partition coefficient (Wildman–Crippen LogP) is 1.17. The van der Waals surface area contributed by atoms with E-state index in [1.165, 1.54) is 19.3 Å². The Kier molecular flexibility index (Phi) is 8.21. The minimum absolute atomic E-state index is 0. The molecule has 0 heterocycles. The van der Waals surface area contributed by atoms with Crippen molar-refractivity contribution >= 4 is 11.8 Å². The third-order valence-corrected chi connectivity index (χ3v) is 10.3. The van der Waals surface area contributed by atoms with E-state index in [-0.39, 0.29) is 71.9 Å². The van der Waals surface area contributed by atoms with Crippen LogP contribution in [0.4, 0.5) is 0 Å². The first-order chi connectivity index (χ1) is 15.0. The van der Waals surface area contributed by atoms with Gasteiger partial charge in [0.25, 0.3) is 0 Å². The topological polar surface area (TPSA) is 86.7 Å². The van der Waals surface area contributed by atoms with E-state index in [2.05, 4.69) is 20.4 Å². The van der Waals surface area contributed by atoms with Crippen molar-refractivity contribution in [2.24, 2.45) is 40.4 Å². The summed E-state index contributed by atoms with van der Waals surface area (Å²) in [6.07, 6.45) is 9.65. The second kappa shape index (κ2) is 9.95. The monoisotopic (exact) mass is 468 g/mol. The molecule has 0 spiro atoms. The zero-order valence-corrected chi connectivity index (χ0v) is 23.2. The van der Waals surface area contributed by atoms with E-state index >= 15 is 0 Å². The van der Waals surface area contributed by atoms with E-state index in [0.29, 0.717) is 29.1 Å². The van der Waals surface area contributed by atoms with Gasteiger partial charge in [-0.3, -0.25) is 9.59 Å². The van der Waals surface area contributed by atoms with Crippen LogP contribution in [0.2, 0.25) is 0 Å². The van der Waals surface area contributed by atoms with E-state index in [1.807, 2.05) is 6.92 Å². The molecule has 4 rings (SSSR count). The number of fused-ring (bicyclic) bond motifs is 5. The molecule has 1 N–H and O–H groups in total. The van der Waals surface area contributed by atoms with Gasteiger partial charge in [-0.15, -0.1) is 12.3 Å². The first-order valence-corrected chi connectivity index (χ1v) is 12.7. The fourth-order valence-electron chi connectivity index (χ4n) is 8.53. The summed E-state index contributed by atoms with van der Waals surface area (Å²) >= 11 is 0. The Morgan fingerprint density at radius 3 is 2.36 bits per heavy atom. The van der Waals surface area contributed by atoms with E-state index in [1.54, 1.807) is 0 Å². The van der Waals surface area contributed by atoms with Gasteiger partial charge in [0.2, 0.25) is 0 Å². The summed E-state index contributed by atoms with van der Waals surface area (Å²) in [5.74, 6) is 1.78. The predicted molar refractivity (Wildman–Crippen MR) is 120 cm³/mol. The van der Waals surface area contributed by atoms with Gasteiger partial charge in [-0.05, 0) is 106 Å². The largest absolute Gasteiger partial charge is 1.00 e. The van der Waals surface area contributed by atoms with Gasteiger partial charge in [-0.2, -0.15) is 0 Å². The molecule has 6 heteroatoms. The van der Waals surface area contributed by atoms with Crippen LogP contribution in [0.1, 0.15) is 91.4 Å². The van der Waals surface area contributed by atoms with E-state index in [0.717, 1.165) is 38.5 Å². The molecular formula is C27H41NaO5. The van der Waals surface area contributed by atoms with E-state index in [4.69, 9.17) is 4.74 Å². The van der Waals surface area contributed by atoms with Gasteiger partial charge >= 0.3 is 35.5 Å². The molecule has 33 heavy (non-hydrogen) atoms. The molecule has 0 radical (unpaired) electrons. The summed E-state index contributed by atoms with van der Waals surface area (Å²) in [7, 11) is 0. The van der Waals surface area contributed by atoms with Crippen LogP contribution in [0, 0.1) is 40.4 Å². The van der Waals surface area contributed by atoms with Gasteiger partial charge in [0.15, 0.2) is 5.78 Å². The van der Waals surface area contributed by atoms with Crippen molar-refractivity contribution in [1.82, 2.24) is 0 Å². The summed E-state index contributed by atoms with van der Waals surface area (Å²) in [4.78, 5) is 24.9. The second-order valence-corrected chi connectivity index (χ2v) is 12.2. The molecule has 4 saturated carbocycles. The molecule has 0 bridgehead atoms. The summed E-state index contributed by atoms with van der Waals surface area (Å²) in [5, 5.41) is 21.6. The summed E-state index contributed by atoms with van der Waals surface area (Å²) in [6, 6.07) is 0. The smallest absolute Gasteiger partial charge is 0.876 e. The SMILES string of the molecule is C=C([O-])CCC(=O)OCC(=O)[C@H]1CC[C@H]2[C@@H]3CCC4C[C@](C)(O)CC[C@]4(C)C3CC[C@]12C.[Na+]. The van der Waals surface area contributed by atoms with Gasteiger partial charge in [-0.1, -0.05) is 13.8 Å². The van der Waals surface area contributed by atoms with E-state index < -0.39 is 11.6 Å². The molecule has 5 nitrogen and oxygen atoms in total. The van der Waals surface area contributed by atoms with Crippen molar-refractivity contribution in [3.05, 3.63) is 12.3 Å². The van der Waals surface area contributed by atoms with Crippen LogP contribution in [-0.2, 0) is 14.3 Å². The molecule has 4 fully saturated rings. The molecular weight excluding hydrogens is 427 g/mol. The number of hydrogen-bond acceptors (Lipinski definition) is 5. The normalized spacial score (nSPS) is 43.9. The summed E-state index contributed by atoms with van der Waals surface area (Å²) in [5.41, 5.74) is -0.198. The van der Waals surface area contributed by atoms with Crippen molar-refractivity contribution in [3.8, 4) is 0 Å². The molecule has 180 valence electrons. The molecule has 0 aromatic rings. The fraction of sp³-hybridized carbons (Fsp3) is 0.852. The molecule has 4 aliphatic rings. The third-order valence-electron chi connectivity index (χ3n) is 10.3. The Labute approximate surface area is 221 Å². The van der Waals surface area contributed by atoms with Crippen molar-refractivity contribution in [3.63, 3.8) is 0 Å². The van der Waals surface area contributed by atoms with Crippen LogP contribution in [0.15, 0.2) is 12.3 Å². The van der Waals surface area contributed by atoms with Crippen LogP contribution < -0.4 is 34.7 Å². The molecule has 0 saturated heterocycles. The van der Waals surface area contributed by atoms with Crippen LogP contribution in [0.5, 0.6) is 0 Å². The van der Waals surface area contributed by atoms with Gasteiger partial charge in [0, 0.05) is 12.3 Å². The van der Waals surface area contributed by atoms with E-state index in [9.17, 15) is 19.8 Å². The average Bonchev–Trinajstić information content (AvgIpc) is 3.08. The maximum Gasteiger partial charge on any atom is 1.00 e. The Bertz CT molecular complexity index is 778. The number of rotatable bonds is 6. The molecule has 2 unspecified atom stereocenters.